The van der Waals surface area contributed by atoms with Crippen molar-refractivity contribution in [2.75, 3.05) is 23.6 Å². The van der Waals surface area contributed by atoms with Gasteiger partial charge >= 0.3 is 0 Å². The largest absolute Gasteiger partial charge is 0.454 e. The van der Waals surface area contributed by atoms with Crippen LogP contribution in [0.25, 0.3) is 0 Å². The van der Waals surface area contributed by atoms with Gasteiger partial charge < -0.3 is 19.7 Å². The lowest BCUT2D eigenvalue weighted by molar-refractivity contribution is -0.119. The molecule has 0 saturated heterocycles. The van der Waals surface area contributed by atoms with Gasteiger partial charge in [0.1, 0.15) is 0 Å². The third-order valence-corrected chi connectivity index (χ3v) is 5.29. The van der Waals surface area contributed by atoms with Crippen LogP contribution in [0, 0.1) is 5.92 Å². The van der Waals surface area contributed by atoms with Crippen molar-refractivity contribution >= 4 is 23.2 Å². The maximum atomic E-state index is 12.6. The van der Waals surface area contributed by atoms with Gasteiger partial charge in [0.05, 0.1) is 0 Å². The molecule has 6 heteroatoms. The number of carbonyl (C=O) groups is 2. The molecule has 27 heavy (non-hydrogen) atoms. The van der Waals surface area contributed by atoms with E-state index in [1.165, 1.54) is 0 Å². The van der Waals surface area contributed by atoms with Crippen molar-refractivity contribution in [2.45, 2.75) is 25.7 Å². The minimum atomic E-state index is -0.218. The van der Waals surface area contributed by atoms with Gasteiger partial charge in [-0.05, 0) is 61.6 Å². The van der Waals surface area contributed by atoms with Crippen LogP contribution in [0.1, 0.15) is 35.2 Å². The number of fused-ring (bicyclic) bond motifs is 2. The van der Waals surface area contributed by atoms with Gasteiger partial charge in [-0.2, -0.15) is 0 Å². The minimum absolute atomic E-state index is 0.177. The number of carbonyl (C=O) groups excluding carboxylic acids is 2. The van der Waals surface area contributed by atoms with Crippen molar-refractivity contribution in [1.29, 1.82) is 0 Å². The molecule has 1 saturated carbocycles. The molecule has 1 N–H and O–H groups in total. The van der Waals surface area contributed by atoms with Gasteiger partial charge in [-0.3, -0.25) is 9.59 Å². The molecule has 0 bridgehead atoms. The number of nitrogens with one attached hydrogen (secondary N) is 1. The van der Waals surface area contributed by atoms with Crippen molar-refractivity contribution in [3.63, 3.8) is 0 Å². The van der Waals surface area contributed by atoms with E-state index in [4.69, 9.17) is 9.47 Å². The van der Waals surface area contributed by atoms with Crippen LogP contribution in [0.3, 0.4) is 0 Å². The van der Waals surface area contributed by atoms with E-state index in [0.717, 1.165) is 43.5 Å². The molecule has 0 atom stereocenters. The Balaban J connectivity index is 1.38. The molecule has 1 fully saturated rings. The van der Waals surface area contributed by atoms with Crippen LogP contribution < -0.4 is 19.7 Å². The van der Waals surface area contributed by atoms with Crippen molar-refractivity contribution in [2.24, 2.45) is 5.92 Å². The zero-order valence-corrected chi connectivity index (χ0v) is 14.9. The van der Waals surface area contributed by atoms with E-state index in [9.17, 15) is 9.59 Å². The molecule has 0 aromatic heterocycles. The van der Waals surface area contributed by atoms with Crippen LogP contribution in [-0.4, -0.2) is 25.2 Å². The standard InChI is InChI=1S/C21H20N2O4/c24-20(15-6-8-18-19(10-15)27-12-26-18)22-16-7-5-13-2-1-9-23(17(13)11-16)21(25)14-3-4-14/h5-8,10-11,14H,1-4,9,12H2,(H,22,24). The summed E-state index contributed by atoms with van der Waals surface area (Å²) in [6.07, 6.45) is 3.92. The molecule has 0 radical (unpaired) electrons. The van der Waals surface area contributed by atoms with E-state index in [2.05, 4.69) is 5.32 Å². The summed E-state index contributed by atoms with van der Waals surface area (Å²) in [5.41, 5.74) is 3.28. The van der Waals surface area contributed by atoms with Gasteiger partial charge in [-0.15, -0.1) is 0 Å². The Kier molecular flexibility index (Phi) is 3.77. The Morgan fingerprint density at radius 1 is 1.04 bits per heavy atom. The molecule has 2 heterocycles. The average molecular weight is 364 g/mol. The number of aryl methyl sites for hydroxylation is 1. The monoisotopic (exact) mass is 364 g/mol. The zero-order valence-electron chi connectivity index (χ0n) is 14.9. The fourth-order valence-electron chi connectivity index (χ4n) is 3.67. The van der Waals surface area contributed by atoms with E-state index in [-0.39, 0.29) is 24.5 Å². The van der Waals surface area contributed by atoms with Crippen LogP contribution in [0.2, 0.25) is 0 Å². The fraction of sp³-hybridized carbons (Fsp3) is 0.333. The second kappa shape index (κ2) is 6.30. The Morgan fingerprint density at radius 2 is 1.89 bits per heavy atom. The number of amides is 2. The number of nitrogens with zero attached hydrogens (tertiary/aromatic N) is 1. The molecule has 5 rings (SSSR count). The molecule has 138 valence electrons. The van der Waals surface area contributed by atoms with Crippen molar-refractivity contribution in [3.05, 3.63) is 47.5 Å². The maximum Gasteiger partial charge on any atom is 0.255 e. The second-order valence-corrected chi connectivity index (χ2v) is 7.23. The fourth-order valence-corrected chi connectivity index (χ4v) is 3.67. The summed E-state index contributed by atoms with van der Waals surface area (Å²) in [6, 6.07) is 11.0. The normalized spacial score (nSPS) is 17.4. The van der Waals surface area contributed by atoms with E-state index in [1.54, 1.807) is 18.2 Å². The van der Waals surface area contributed by atoms with Crippen LogP contribution >= 0.6 is 0 Å². The molecule has 2 amide bonds. The van der Waals surface area contributed by atoms with E-state index < -0.39 is 0 Å². The predicted octanol–water partition coefficient (Wildman–Crippen LogP) is 3.36. The Hall–Kier alpha value is -3.02. The summed E-state index contributed by atoms with van der Waals surface area (Å²) in [5.74, 6) is 1.41. The average Bonchev–Trinajstić information content (AvgIpc) is 3.44. The van der Waals surface area contributed by atoms with Crippen molar-refractivity contribution in [3.8, 4) is 11.5 Å². The minimum Gasteiger partial charge on any atom is -0.454 e. The van der Waals surface area contributed by atoms with Crippen molar-refractivity contribution in [1.82, 2.24) is 0 Å². The molecule has 0 unspecified atom stereocenters. The number of benzene rings is 2. The van der Waals surface area contributed by atoms with Gasteiger partial charge in [0.2, 0.25) is 12.7 Å². The third kappa shape index (κ3) is 3.01. The quantitative estimate of drug-likeness (QED) is 0.907. The lowest BCUT2D eigenvalue weighted by atomic mass is 10.0. The Bertz CT molecular complexity index is 936. The van der Waals surface area contributed by atoms with E-state index in [0.29, 0.717) is 22.7 Å². The molecule has 2 aromatic rings. The maximum absolute atomic E-state index is 12.6. The first kappa shape index (κ1) is 16.2. The molecule has 1 aliphatic carbocycles. The molecule has 2 aliphatic heterocycles. The Morgan fingerprint density at radius 3 is 2.74 bits per heavy atom. The molecule has 3 aliphatic rings. The lowest BCUT2D eigenvalue weighted by Gasteiger charge is -2.30. The van der Waals surface area contributed by atoms with Gasteiger partial charge in [0.15, 0.2) is 11.5 Å². The highest BCUT2D eigenvalue weighted by atomic mass is 16.7. The molecule has 0 spiro atoms. The first-order valence-electron chi connectivity index (χ1n) is 9.34. The number of rotatable bonds is 3. The number of hydrogen-bond acceptors (Lipinski definition) is 4. The third-order valence-electron chi connectivity index (χ3n) is 5.29. The number of anilines is 2. The highest BCUT2D eigenvalue weighted by Gasteiger charge is 2.35. The van der Waals surface area contributed by atoms with E-state index in [1.807, 2.05) is 23.1 Å². The summed E-state index contributed by atoms with van der Waals surface area (Å²) in [7, 11) is 0. The summed E-state index contributed by atoms with van der Waals surface area (Å²) < 4.78 is 10.6. The zero-order chi connectivity index (χ0) is 18.4. The summed E-state index contributed by atoms with van der Waals surface area (Å²) in [4.78, 5) is 27.1. The van der Waals surface area contributed by atoms with E-state index >= 15 is 0 Å². The molecular weight excluding hydrogens is 344 g/mol. The first-order chi connectivity index (χ1) is 13.2. The topological polar surface area (TPSA) is 67.9 Å². The van der Waals surface area contributed by atoms with Crippen molar-refractivity contribution < 1.29 is 19.1 Å². The lowest BCUT2D eigenvalue weighted by Crippen LogP contribution is -2.36. The van der Waals surface area contributed by atoms with Gasteiger partial charge in [-0.25, -0.2) is 0 Å². The van der Waals surface area contributed by atoms with Gasteiger partial charge in [-0.1, -0.05) is 6.07 Å². The highest BCUT2D eigenvalue weighted by molar-refractivity contribution is 6.05. The highest BCUT2D eigenvalue weighted by Crippen LogP contribution is 2.37. The van der Waals surface area contributed by atoms with Crippen LogP contribution in [-0.2, 0) is 11.2 Å². The predicted molar refractivity (Wildman–Crippen MR) is 100 cm³/mol. The Labute approximate surface area is 157 Å². The summed E-state index contributed by atoms with van der Waals surface area (Å²) in [6.45, 7) is 0.929. The van der Waals surface area contributed by atoms with Gasteiger partial charge in [0.25, 0.3) is 5.91 Å². The summed E-state index contributed by atoms with van der Waals surface area (Å²) >= 11 is 0. The first-order valence-corrected chi connectivity index (χ1v) is 9.34. The van der Waals surface area contributed by atoms with Crippen LogP contribution in [0.4, 0.5) is 11.4 Å². The summed E-state index contributed by atoms with van der Waals surface area (Å²) in [5, 5.41) is 2.93. The number of ether oxygens (including phenoxy) is 2. The van der Waals surface area contributed by atoms with Gasteiger partial charge in [0, 0.05) is 29.4 Å². The van der Waals surface area contributed by atoms with Crippen LogP contribution in [0.15, 0.2) is 36.4 Å². The smallest absolute Gasteiger partial charge is 0.255 e. The number of hydrogen-bond donors (Lipinski definition) is 1. The molecule has 6 nitrogen and oxygen atoms in total. The molecular formula is C21H20N2O4. The van der Waals surface area contributed by atoms with Crippen LogP contribution in [0.5, 0.6) is 11.5 Å². The SMILES string of the molecule is O=C(Nc1ccc2c(c1)N(C(=O)C1CC1)CCC2)c1ccc2c(c1)OCO2. The molecule has 2 aromatic carbocycles. The second-order valence-electron chi connectivity index (χ2n) is 7.23.